The number of phenolic OH excluding ortho intramolecular Hbond substituents is 1. The maximum Gasteiger partial charge on any atom is 0.228 e. The van der Waals surface area contributed by atoms with Crippen molar-refractivity contribution in [2.75, 3.05) is 11.9 Å². The molecule has 2 aromatic carbocycles. The van der Waals surface area contributed by atoms with Gasteiger partial charge in [-0.25, -0.2) is 0 Å². The molecule has 0 unspecified atom stereocenters. The maximum absolute atomic E-state index is 11.9. The number of carbonyl (C=O) groups is 1. The second-order valence-corrected chi connectivity index (χ2v) is 4.47. The molecule has 4 N–H and O–H groups in total. The summed E-state index contributed by atoms with van der Waals surface area (Å²) in [4.78, 5) is 11.9. The molecular formula is C17H16N2O2. The lowest BCUT2D eigenvalue weighted by Crippen LogP contribution is -2.14. The van der Waals surface area contributed by atoms with Crippen molar-refractivity contribution < 1.29 is 9.90 Å². The Hall–Kier alpha value is -2.77. The van der Waals surface area contributed by atoms with Gasteiger partial charge in [-0.3, -0.25) is 4.79 Å². The second-order valence-electron chi connectivity index (χ2n) is 4.47. The average molecular weight is 280 g/mol. The molecule has 0 aliphatic heterocycles. The van der Waals surface area contributed by atoms with Crippen LogP contribution in [0.4, 0.5) is 5.69 Å². The molecule has 2 rings (SSSR count). The summed E-state index contributed by atoms with van der Waals surface area (Å²) >= 11 is 0. The van der Waals surface area contributed by atoms with Gasteiger partial charge in [0.2, 0.25) is 5.91 Å². The Bertz CT molecular complexity index is 665. The Balaban J connectivity index is 1.94. The van der Waals surface area contributed by atoms with E-state index in [9.17, 15) is 9.90 Å². The van der Waals surface area contributed by atoms with Gasteiger partial charge in [0.15, 0.2) is 0 Å². The number of hydrogen-bond donors (Lipinski definition) is 3. The molecule has 106 valence electrons. The predicted molar refractivity (Wildman–Crippen MR) is 82.8 cm³/mol. The Morgan fingerprint density at radius 1 is 1.10 bits per heavy atom. The predicted octanol–water partition coefficient (Wildman–Crippen LogP) is 1.88. The number of phenols is 1. The van der Waals surface area contributed by atoms with Gasteiger partial charge in [0.25, 0.3) is 0 Å². The molecular weight excluding hydrogens is 264 g/mol. The Labute approximate surface area is 123 Å². The van der Waals surface area contributed by atoms with Gasteiger partial charge < -0.3 is 16.2 Å². The van der Waals surface area contributed by atoms with Gasteiger partial charge in [0.1, 0.15) is 5.75 Å². The summed E-state index contributed by atoms with van der Waals surface area (Å²) < 4.78 is 0. The van der Waals surface area contributed by atoms with Crippen LogP contribution in [-0.4, -0.2) is 17.6 Å². The van der Waals surface area contributed by atoms with Crippen molar-refractivity contribution in [3.63, 3.8) is 0 Å². The molecule has 0 aromatic heterocycles. The summed E-state index contributed by atoms with van der Waals surface area (Å²) in [6.45, 7) is 0.325. The average Bonchev–Trinajstić information content (AvgIpc) is 2.49. The molecule has 0 radical (unpaired) electrons. The zero-order chi connectivity index (χ0) is 15.1. The normalized spacial score (nSPS) is 9.57. The highest BCUT2D eigenvalue weighted by Gasteiger charge is 2.04. The summed E-state index contributed by atoms with van der Waals surface area (Å²) in [6, 6.07) is 13.8. The van der Waals surface area contributed by atoms with E-state index in [0.717, 1.165) is 16.8 Å². The van der Waals surface area contributed by atoms with E-state index < -0.39 is 0 Å². The minimum atomic E-state index is -0.110. The fourth-order valence-electron chi connectivity index (χ4n) is 1.79. The number of nitrogens with one attached hydrogen (secondary N) is 1. The van der Waals surface area contributed by atoms with Gasteiger partial charge >= 0.3 is 0 Å². The third-order valence-corrected chi connectivity index (χ3v) is 2.80. The minimum absolute atomic E-state index is 0.110. The molecule has 0 aliphatic carbocycles. The van der Waals surface area contributed by atoms with Crippen molar-refractivity contribution >= 4 is 11.6 Å². The minimum Gasteiger partial charge on any atom is -0.508 e. The number of carbonyl (C=O) groups excluding carboxylic acids is 1. The van der Waals surface area contributed by atoms with E-state index in [-0.39, 0.29) is 18.1 Å². The number of hydrogen-bond acceptors (Lipinski definition) is 3. The summed E-state index contributed by atoms with van der Waals surface area (Å²) in [6.07, 6.45) is 0.259. The fourth-order valence-corrected chi connectivity index (χ4v) is 1.79. The Morgan fingerprint density at radius 2 is 1.76 bits per heavy atom. The van der Waals surface area contributed by atoms with Gasteiger partial charge in [0, 0.05) is 11.3 Å². The number of rotatable bonds is 3. The Morgan fingerprint density at radius 3 is 2.38 bits per heavy atom. The number of anilines is 1. The summed E-state index contributed by atoms with van der Waals surface area (Å²) in [7, 11) is 0. The van der Waals surface area contributed by atoms with E-state index >= 15 is 0 Å². The van der Waals surface area contributed by atoms with Crippen LogP contribution < -0.4 is 11.1 Å². The molecule has 21 heavy (non-hydrogen) atoms. The zero-order valence-electron chi connectivity index (χ0n) is 11.5. The highest BCUT2D eigenvalue weighted by molar-refractivity contribution is 5.92. The van der Waals surface area contributed by atoms with Crippen molar-refractivity contribution in [2.45, 2.75) is 6.42 Å². The van der Waals surface area contributed by atoms with Crippen LogP contribution in [0, 0.1) is 11.8 Å². The van der Waals surface area contributed by atoms with Crippen LogP contribution >= 0.6 is 0 Å². The molecule has 2 aromatic rings. The number of amides is 1. The molecule has 0 saturated heterocycles. The standard InChI is InChI=1S/C17H16N2O2/c18-11-1-2-13-3-7-15(8-4-13)19-17(21)12-14-5-9-16(20)10-6-14/h3-10,20H,11-12,18H2,(H,19,21). The van der Waals surface area contributed by atoms with Crippen molar-refractivity contribution in [1.82, 2.24) is 0 Å². The van der Waals surface area contributed by atoms with Crippen molar-refractivity contribution in [1.29, 1.82) is 0 Å². The van der Waals surface area contributed by atoms with Gasteiger partial charge in [-0.05, 0) is 42.0 Å². The maximum atomic E-state index is 11.9. The van der Waals surface area contributed by atoms with E-state index in [1.165, 1.54) is 0 Å². The first-order chi connectivity index (χ1) is 10.2. The van der Waals surface area contributed by atoms with E-state index in [4.69, 9.17) is 5.73 Å². The first kappa shape index (κ1) is 14.6. The van der Waals surface area contributed by atoms with Crippen molar-refractivity contribution in [3.05, 3.63) is 59.7 Å². The molecule has 0 atom stereocenters. The van der Waals surface area contributed by atoms with Crippen LogP contribution in [0.1, 0.15) is 11.1 Å². The lowest BCUT2D eigenvalue weighted by atomic mass is 10.1. The van der Waals surface area contributed by atoms with Crippen LogP contribution in [-0.2, 0) is 11.2 Å². The van der Waals surface area contributed by atoms with Gasteiger partial charge in [-0.15, -0.1) is 0 Å². The van der Waals surface area contributed by atoms with Gasteiger partial charge in [0.05, 0.1) is 13.0 Å². The van der Waals surface area contributed by atoms with Crippen LogP contribution in [0.15, 0.2) is 48.5 Å². The van der Waals surface area contributed by atoms with E-state index in [0.29, 0.717) is 6.54 Å². The first-order valence-electron chi connectivity index (χ1n) is 6.54. The van der Waals surface area contributed by atoms with Crippen LogP contribution in [0.25, 0.3) is 0 Å². The summed E-state index contributed by atoms with van der Waals surface area (Å²) in [5, 5.41) is 12.0. The monoisotopic (exact) mass is 280 g/mol. The van der Waals surface area contributed by atoms with E-state index in [1.807, 2.05) is 12.1 Å². The molecule has 0 saturated carbocycles. The van der Waals surface area contributed by atoms with Crippen LogP contribution in [0.5, 0.6) is 5.75 Å². The third-order valence-electron chi connectivity index (χ3n) is 2.80. The fraction of sp³-hybridized carbons (Fsp3) is 0.118. The molecule has 0 aliphatic rings. The highest BCUT2D eigenvalue weighted by Crippen LogP contribution is 2.12. The van der Waals surface area contributed by atoms with E-state index in [2.05, 4.69) is 17.2 Å². The first-order valence-corrected chi connectivity index (χ1v) is 6.54. The molecule has 0 heterocycles. The Kier molecular flexibility index (Phi) is 4.97. The lowest BCUT2D eigenvalue weighted by Gasteiger charge is -2.05. The summed E-state index contributed by atoms with van der Waals surface area (Å²) in [5.41, 5.74) is 7.73. The number of benzene rings is 2. The van der Waals surface area contributed by atoms with Gasteiger partial charge in [-0.1, -0.05) is 24.0 Å². The third kappa shape index (κ3) is 4.68. The topological polar surface area (TPSA) is 75.3 Å². The molecule has 1 amide bonds. The quantitative estimate of drug-likeness (QED) is 0.751. The summed E-state index contributed by atoms with van der Waals surface area (Å²) in [5.74, 6) is 5.77. The van der Waals surface area contributed by atoms with Crippen molar-refractivity contribution in [3.8, 4) is 17.6 Å². The van der Waals surface area contributed by atoms with Crippen molar-refractivity contribution in [2.24, 2.45) is 5.73 Å². The molecule has 4 nitrogen and oxygen atoms in total. The molecule has 0 fully saturated rings. The van der Waals surface area contributed by atoms with Gasteiger partial charge in [-0.2, -0.15) is 0 Å². The SMILES string of the molecule is NCC#Cc1ccc(NC(=O)Cc2ccc(O)cc2)cc1. The molecule has 0 bridgehead atoms. The number of aromatic hydroxyl groups is 1. The lowest BCUT2D eigenvalue weighted by molar-refractivity contribution is -0.115. The largest absolute Gasteiger partial charge is 0.508 e. The molecule has 4 heteroatoms. The number of nitrogens with two attached hydrogens (primary N) is 1. The van der Waals surface area contributed by atoms with Crippen LogP contribution in [0.3, 0.4) is 0 Å². The second kappa shape index (κ2) is 7.13. The van der Waals surface area contributed by atoms with Crippen LogP contribution in [0.2, 0.25) is 0 Å². The smallest absolute Gasteiger partial charge is 0.228 e. The molecule has 0 spiro atoms. The van der Waals surface area contributed by atoms with E-state index in [1.54, 1.807) is 36.4 Å². The zero-order valence-corrected chi connectivity index (χ0v) is 11.5. The highest BCUT2D eigenvalue weighted by atomic mass is 16.3.